The van der Waals surface area contributed by atoms with Crippen LogP contribution in [-0.2, 0) is 42.7 Å². The van der Waals surface area contributed by atoms with Gasteiger partial charge in [0, 0.05) is 60.8 Å². The number of aromatic nitrogens is 2. The third-order valence-corrected chi connectivity index (χ3v) is 14.1. The van der Waals surface area contributed by atoms with Crippen LogP contribution in [0.1, 0.15) is 103 Å². The minimum atomic E-state index is -0.259. The van der Waals surface area contributed by atoms with E-state index < -0.39 is 0 Å². The molecule has 0 amide bonds. The smallest absolute Gasteiger partial charge is 0.135 e. The summed E-state index contributed by atoms with van der Waals surface area (Å²) in [5.74, 6) is 2.00. The van der Waals surface area contributed by atoms with E-state index in [9.17, 15) is 0 Å². The third-order valence-electron chi connectivity index (χ3n) is 14.1. The third kappa shape index (κ3) is 9.37. The molecule has 70 heavy (non-hydrogen) atoms. The van der Waals surface area contributed by atoms with Crippen molar-refractivity contribution in [3.63, 3.8) is 0 Å². The molecule has 1 aliphatic heterocycles. The van der Waals surface area contributed by atoms with Crippen molar-refractivity contribution >= 4 is 33.2 Å². The van der Waals surface area contributed by atoms with Crippen LogP contribution in [0.3, 0.4) is 0 Å². The van der Waals surface area contributed by atoms with Gasteiger partial charge in [0.15, 0.2) is 0 Å². The molecule has 1 aliphatic rings. The van der Waals surface area contributed by atoms with Gasteiger partial charge in [-0.3, -0.25) is 0 Å². The van der Waals surface area contributed by atoms with Gasteiger partial charge in [-0.15, -0.1) is 53.6 Å². The van der Waals surface area contributed by atoms with E-state index in [4.69, 9.17) is 9.72 Å². The maximum atomic E-state index is 6.90. The Labute approximate surface area is 429 Å². The molecule has 0 aliphatic carbocycles. The second-order valence-electron chi connectivity index (χ2n) is 21.6. The molecule has 7 aromatic carbocycles. The van der Waals surface area contributed by atoms with Gasteiger partial charge in [0.05, 0.1) is 0 Å². The van der Waals surface area contributed by atoms with Gasteiger partial charge < -0.3 is 19.1 Å². The summed E-state index contributed by atoms with van der Waals surface area (Å²) in [5, 5.41) is 2.20. The van der Waals surface area contributed by atoms with Gasteiger partial charge in [-0.25, -0.2) is 4.98 Å². The van der Waals surface area contributed by atoms with E-state index in [-0.39, 0.29) is 42.7 Å². The molecule has 5 nitrogen and oxygen atoms in total. The van der Waals surface area contributed by atoms with E-state index in [1.165, 1.54) is 33.4 Å². The van der Waals surface area contributed by atoms with E-state index >= 15 is 0 Å². The van der Waals surface area contributed by atoms with Crippen LogP contribution in [0.2, 0.25) is 0 Å². The molecule has 6 heteroatoms. The average molecular weight is 1100 g/mol. The van der Waals surface area contributed by atoms with Crippen LogP contribution in [0.4, 0.5) is 11.4 Å². The molecule has 356 valence electrons. The minimum absolute atomic E-state index is 0. The van der Waals surface area contributed by atoms with Crippen LogP contribution in [0, 0.1) is 18.8 Å². The Hall–Kier alpha value is -6.68. The molecule has 0 saturated carbocycles. The van der Waals surface area contributed by atoms with Crippen LogP contribution in [0.25, 0.3) is 38.8 Å². The fourth-order valence-electron chi connectivity index (χ4n) is 9.50. The molecular weight excluding hydrogens is 1040 g/mol. The summed E-state index contributed by atoms with van der Waals surface area (Å²) in [5.41, 5.74) is 13.1. The van der Waals surface area contributed by atoms with E-state index in [1.807, 2.05) is 18.3 Å². The van der Waals surface area contributed by atoms with Gasteiger partial charge in [0.2, 0.25) is 0 Å². The van der Waals surface area contributed by atoms with E-state index in [0.717, 1.165) is 50.1 Å². The zero-order chi connectivity index (χ0) is 48.3. The molecule has 0 N–H and O–H groups in total. The monoisotopic (exact) mass is 1100 g/mol. The standard InChI is InChI=1S/C64H61N4O.Pt/c1-61(2,3)50-36-51(62(4,5)6)38-53(37-50)67-33-32-66(43-67)52-34-45(44-20-14-11-15-21-44)35-55(41-52)69-54-27-28-56-57-39-48(63(7,8)46-22-16-12-17-23-46)26-29-58(57)68(59(56)42-54)60-40-49(30-31-65-60)64(9,10)47-24-18-13-19-25-47;/h11-40,43H,1-10H3;/q-3;. The molecule has 3 heterocycles. The van der Waals surface area contributed by atoms with Crippen molar-refractivity contribution in [1.82, 2.24) is 9.55 Å². The van der Waals surface area contributed by atoms with Gasteiger partial charge in [-0.1, -0.05) is 184 Å². The summed E-state index contributed by atoms with van der Waals surface area (Å²) < 4.78 is 9.15. The van der Waals surface area contributed by atoms with Gasteiger partial charge in [0.25, 0.3) is 0 Å². The van der Waals surface area contributed by atoms with Crippen molar-refractivity contribution in [2.45, 2.75) is 90.9 Å². The van der Waals surface area contributed by atoms with Crippen molar-refractivity contribution < 1.29 is 25.8 Å². The number of ether oxygens (including phenoxy) is 1. The van der Waals surface area contributed by atoms with Gasteiger partial charge in [-0.05, 0) is 97.9 Å². The SMILES string of the molecule is CC(C)(C)c1cc(N2C=CN(c3[c-]c(Oc4[c-]c5c(cc4)c4cc(C(C)(C)c6ccccc6)ccc4n5-c4cc(C(C)(C)c5ccccc5)ccn4)cc(-c4ccccc4)c3)[CH-]2)cc(C(C)(C)C)c1.[Pt]. The van der Waals surface area contributed by atoms with E-state index in [2.05, 4.69) is 266 Å². The molecule has 0 radical (unpaired) electrons. The Morgan fingerprint density at radius 3 is 1.67 bits per heavy atom. The van der Waals surface area contributed by atoms with Crippen molar-refractivity contribution in [2.75, 3.05) is 9.80 Å². The van der Waals surface area contributed by atoms with Crippen molar-refractivity contribution in [1.29, 1.82) is 0 Å². The molecule has 0 spiro atoms. The Morgan fingerprint density at radius 1 is 0.471 bits per heavy atom. The predicted octanol–water partition coefficient (Wildman–Crippen LogP) is 16.4. The average Bonchev–Trinajstić information content (AvgIpc) is 3.98. The summed E-state index contributed by atoms with van der Waals surface area (Å²) >= 11 is 0. The fraction of sp³-hybridized carbons (Fsp3) is 0.219. The summed E-state index contributed by atoms with van der Waals surface area (Å²) in [6, 6.07) is 65.9. The molecule has 0 saturated heterocycles. The summed E-state index contributed by atoms with van der Waals surface area (Å²) in [6.45, 7) is 24.9. The quantitative estimate of drug-likeness (QED) is 0.128. The zero-order valence-electron chi connectivity index (χ0n) is 41.9. The predicted molar refractivity (Wildman–Crippen MR) is 288 cm³/mol. The number of benzene rings is 7. The second kappa shape index (κ2) is 18.6. The number of fused-ring (bicyclic) bond motifs is 3. The number of anilines is 2. The molecule has 10 rings (SSSR count). The van der Waals surface area contributed by atoms with E-state index in [0.29, 0.717) is 11.5 Å². The van der Waals surface area contributed by atoms with Crippen LogP contribution in [-0.4, -0.2) is 9.55 Å². The molecule has 0 fully saturated rings. The topological polar surface area (TPSA) is 33.5 Å². The first kappa shape index (κ1) is 48.3. The maximum Gasteiger partial charge on any atom is 0.135 e. The second-order valence-corrected chi connectivity index (χ2v) is 21.6. The van der Waals surface area contributed by atoms with Crippen LogP contribution in [0.15, 0.2) is 182 Å². The van der Waals surface area contributed by atoms with Crippen LogP contribution in [0.5, 0.6) is 11.5 Å². The molecule has 0 bridgehead atoms. The first-order valence-electron chi connectivity index (χ1n) is 24.1. The van der Waals surface area contributed by atoms with Crippen molar-refractivity contribution in [3.05, 3.63) is 235 Å². The zero-order valence-corrected chi connectivity index (χ0v) is 44.2. The van der Waals surface area contributed by atoms with Crippen molar-refractivity contribution in [2.24, 2.45) is 0 Å². The van der Waals surface area contributed by atoms with Gasteiger partial charge in [0.1, 0.15) is 5.82 Å². The molecule has 0 atom stereocenters. The number of rotatable bonds is 10. The number of nitrogens with zero attached hydrogens (tertiary/aromatic N) is 4. The first-order chi connectivity index (χ1) is 32.9. The molecule has 0 unspecified atom stereocenters. The largest absolute Gasteiger partial charge is 0.509 e. The van der Waals surface area contributed by atoms with Crippen molar-refractivity contribution in [3.8, 4) is 28.4 Å². The molecule has 9 aromatic rings. The maximum absolute atomic E-state index is 6.90. The fourth-order valence-corrected chi connectivity index (χ4v) is 9.50. The Morgan fingerprint density at radius 2 is 1.06 bits per heavy atom. The number of hydrogen-bond acceptors (Lipinski definition) is 4. The summed E-state index contributed by atoms with van der Waals surface area (Å²) in [6.07, 6.45) is 6.14. The van der Waals surface area contributed by atoms with Gasteiger partial charge in [-0.2, -0.15) is 6.07 Å². The molecular formula is C64H61N4OPt-3. The van der Waals surface area contributed by atoms with E-state index in [1.54, 1.807) is 0 Å². The summed E-state index contributed by atoms with van der Waals surface area (Å²) in [7, 11) is 0. The first-order valence-corrected chi connectivity index (χ1v) is 24.1. The molecule has 2 aromatic heterocycles. The number of pyridine rings is 1. The Balaban J connectivity index is 0.00000608. The normalized spacial score (nSPS) is 13.3. The van der Waals surface area contributed by atoms with Crippen LogP contribution < -0.4 is 14.5 Å². The van der Waals surface area contributed by atoms with Gasteiger partial charge >= 0.3 is 0 Å². The minimum Gasteiger partial charge on any atom is -0.509 e. The van der Waals surface area contributed by atoms with Crippen LogP contribution >= 0.6 is 0 Å². The Kier molecular flexibility index (Phi) is 12.8. The summed E-state index contributed by atoms with van der Waals surface area (Å²) in [4.78, 5) is 9.38. The number of hydrogen-bond donors (Lipinski definition) is 0. The Bertz CT molecular complexity index is 3330.